The molecule has 1 saturated heterocycles. The van der Waals surface area contributed by atoms with E-state index >= 15 is 0 Å². The van der Waals surface area contributed by atoms with Gasteiger partial charge in [0, 0.05) is 44.4 Å². The summed E-state index contributed by atoms with van der Waals surface area (Å²) in [6.45, 7) is 3.74. The lowest BCUT2D eigenvalue weighted by Crippen LogP contribution is -2.41. The number of pyridine rings is 1. The average Bonchev–Trinajstić information content (AvgIpc) is 3.26. The molecular formula is C21H24N8O2. The van der Waals surface area contributed by atoms with E-state index < -0.39 is 0 Å². The molecule has 10 nitrogen and oxygen atoms in total. The smallest absolute Gasteiger partial charge is 0.228 e. The monoisotopic (exact) mass is 420 g/mol. The number of rotatable bonds is 4. The minimum Gasteiger partial charge on any atom is -0.480 e. The van der Waals surface area contributed by atoms with Crippen LogP contribution in [0.5, 0.6) is 5.88 Å². The first kappa shape index (κ1) is 19.3. The Balaban J connectivity index is 1.43. The number of hydrogen-bond acceptors (Lipinski definition) is 8. The van der Waals surface area contributed by atoms with E-state index in [0.717, 1.165) is 54.1 Å². The van der Waals surface area contributed by atoms with Gasteiger partial charge < -0.3 is 20.3 Å². The van der Waals surface area contributed by atoms with Gasteiger partial charge in [0.1, 0.15) is 12.1 Å². The summed E-state index contributed by atoms with van der Waals surface area (Å²) in [5.74, 6) is 1.88. The van der Waals surface area contributed by atoms with Crippen LogP contribution < -0.4 is 15.4 Å². The predicted octanol–water partition coefficient (Wildman–Crippen LogP) is 1.81. The van der Waals surface area contributed by atoms with Crippen molar-refractivity contribution in [3.63, 3.8) is 0 Å². The molecule has 1 fully saturated rings. The van der Waals surface area contributed by atoms with Crippen molar-refractivity contribution < 1.29 is 9.53 Å². The summed E-state index contributed by atoms with van der Waals surface area (Å²) in [5, 5.41) is 11.0. The zero-order chi connectivity index (χ0) is 21.4. The quantitative estimate of drug-likeness (QED) is 0.658. The minimum atomic E-state index is 0.123. The highest BCUT2D eigenvalue weighted by Gasteiger charge is 2.25. The summed E-state index contributed by atoms with van der Waals surface area (Å²) < 4.78 is 7.40. The second kappa shape index (κ2) is 7.86. The lowest BCUT2D eigenvalue weighted by molar-refractivity contribution is -0.129. The van der Waals surface area contributed by atoms with Crippen LogP contribution in [-0.4, -0.2) is 68.2 Å². The van der Waals surface area contributed by atoms with E-state index in [2.05, 4.69) is 31.8 Å². The van der Waals surface area contributed by atoms with E-state index in [1.165, 1.54) is 6.33 Å². The van der Waals surface area contributed by atoms with E-state index in [0.29, 0.717) is 18.4 Å². The fourth-order valence-electron chi connectivity index (χ4n) is 4.13. The van der Waals surface area contributed by atoms with Crippen LogP contribution >= 0.6 is 0 Å². The molecule has 2 aliphatic rings. The van der Waals surface area contributed by atoms with Gasteiger partial charge in [-0.2, -0.15) is 15.1 Å². The number of nitrogens with zero attached hydrogens (tertiary/aromatic N) is 6. The van der Waals surface area contributed by atoms with Gasteiger partial charge in [-0.3, -0.25) is 4.79 Å². The number of methoxy groups -OCH3 is 1. The Hall–Kier alpha value is -3.69. The van der Waals surface area contributed by atoms with Crippen molar-refractivity contribution in [3.05, 3.63) is 41.9 Å². The number of hydrogen-bond donors (Lipinski definition) is 2. The second-order valence-corrected chi connectivity index (χ2v) is 7.68. The molecule has 10 heteroatoms. The fourth-order valence-corrected chi connectivity index (χ4v) is 4.13. The van der Waals surface area contributed by atoms with Gasteiger partial charge in [0.2, 0.25) is 17.7 Å². The summed E-state index contributed by atoms with van der Waals surface area (Å²) in [5.41, 5.74) is 3.59. The lowest BCUT2D eigenvalue weighted by atomic mass is 9.98. The summed E-state index contributed by atoms with van der Waals surface area (Å²) in [6, 6.07) is 4.16. The van der Waals surface area contributed by atoms with Crippen molar-refractivity contribution in [2.45, 2.75) is 25.8 Å². The number of amides is 1. The van der Waals surface area contributed by atoms with Gasteiger partial charge in [0.05, 0.1) is 12.7 Å². The predicted molar refractivity (Wildman–Crippen MR) is 116 cm³/mol. The highest BCUT2D eigenvalue weighted by Crippen LogP contribution is 2.38. The molecule has 0 saturated carbocycles. The van der Waals surface area contributed by atoms with Gasteiger partial charge in [-0.15, -0.1) is 0 Å². The number of anilines is 2. The number of aromatic nitrogens is 5. The molecule has 0 aromatic carbocycles. The largest absolute Gasteiger partial charge is 0.480 e. The van der Waals surface area contributed by atoms with Crippen LogP contribution in [0.4, 0.5) is 11.8 Å². The Kier molecular flexibility index (Phi) is 4.89. The first-order chi connectivity index (χ1) is 15.1. The number of carbonyl (C=O) groups is 1. The van der Waals surface area contributed by atoms with Crippen LogP contribution in [0.1, 0.15) is 30.9 Å². The standard InChI is InChI=1S/C21H24N8O2/c1-13(30)28-9-6-15(7-10-28)25-21-26-19-18(20(27-21)31-2)16(5-8-22-19)14-3-4-17-23-12-24-29(17)11-14/h3-5,11-12,15H,6-10H2,1-2H3,(H2,22,25,26,27). The molecule has 0 atom stereocenters. The normalized spacial score (nSPS) is 16.5. The number of likely N-dealkylation sites (tertiary alicyclic amines) is 1. The van der Waals surface area contributed by atoms with E-state index in [-0.39, 0.29) is 11.9 Å². The van der Waals surface area contributed by atoms with Crippen LogP contribution in [0.3, 0.4) is 0 Å². The third kappa shape index (κ3) is 3.65. The highest BCUT2D eigenvalue weighted by atomic mass is 16.5. The third-order valence-electron chi connectivity index (χ3n) is 5.77. The van der Waals surface area contributed by atoms with E-state index in [1.54, 1.807) is 18.5 Å². The van der Waals surface area contributed by atoms with E-state index in [9.17, 15) is 4.79 Å². The Morgan fingerprint density at radius 1 is 1.26 bits per heavy atom. The Morgan fingerprint density at radius 2 is 2.10 bits per heavy atom. The molecular weight excluding hydrogens is 396 g/mol. The van der Waals surface area contributed by atoms with Crippen LogP contribution in [0.2, 0.25) is 0 Å². The molecule has 1 amide bonds. The molecule has 160 valence electrons. The maximum atomic E-state index is 11.6. The lowest BCUT2D eigenvalue weighted by Gasteiger charge is -2.32. The average molecular weight is 420 g/mol. The zero-order valence-corrected chi connectivity index (χ0v) is 17.5. The highest BCUT2D eigenvalue weighted by molar-refractivity contribution is 5.89. The Morgan fingerprint density at radius 3 is 2.87 bits per heavy atom. The van der Waals surface area contributed by atoms with Gasteiger partial charge in [-0.05, 0) is 30.5 Å². The van der Waals surface area contributed by atoms with E-state index in [1.807, 2.05) is 23.2 Å². The first-order valence-electron chi connectivity index (χ1n) is 10.3. The number of nitrogens with one attached hydrogen (secondary N) is 2. The molecule has 5 rings (SSSR count). The molecule has 0 radical (unpaired) electrons. The number of ether oxygens (including phenoxy) is 1. The molecule has 2 aliphatic heterocycles. The molecule has 5 heterocycles. The number of carbonyl (C=O) groups excluding carboxylic acids is 1. The fraction of sp³-hybridized carbons (Fsp3) is 0.381. The zero-order valence-electron chi connectivity index (χ0n) is 17.5. The van der Waals surface area contributed by atoms with Crippen LogP contribution in [-0.2, 0) is 4.79 Å². The molecule has 31 heavy (non-hydrogen) atoms. The second-order valence-electron chi connectivity index (χ2n) is 7.68. The molecule has 0 bridgehead atoms. The van der Waals surface area contributed by atoms with Crippen LogP contribution in [0.15, 0.2) is 30.7 Å². The topological polar surface area (TPSA) is 110 Å². The third-order valence-corrected chi connectivity index (χ3v) is 5.77. The molecule has 0 spiro atoms. The Labute approximate surface area is 179 Å². The molecule has 0 unspecified atom stereocenters. The maximum Gasteiger partial charge on any atom is 0.228 e. The number of fused-ring (bicyclic) bond motifs is 2. The molecule has 2 N–H and O–H groups in total. The van der Waals surface area contributed by atoms with Crippen molar-refractivity contribution in [2.24, 2.45) is 0 Å². The summed E-state index contributed by atoms with van der Waals surface area (Å²) in [6.07, 6.45) is 7.29. The van der Waals surface area contributed by atoms with Gasteiger partial charge in [0.25, 0.3) is 0 Å². The van der Waals surface area contributed by atoms with Gasteiger partial charge in [-0.25, -0.2) is 9.50 Å². The summed E-state index contributed by atoms with van der Waals surface area (Å²) >= 11 is 0. The van der Waals surface area contributed by atoms with Crippen molar-refractivity contribution in [1.29, 1.82) is 0 Å². The van der Waals surface area contributed by atoms with Crippen molar-refractivity contribution in [1.82, 2.24) is 29.5 Å². The maximum absolute atomic E-state index is 11.6. The molecule has 3 aromatic rings. The summed E-state index contributed by atoms with van der Waals surface area (Å²) in [7, 11) is 1.62. The van der Waals surface area contributed by atoms with Crippen molar-refractivity contribution >= 4 is 28.9 Å². The Bertz CT molecular complexity index is 1160. The van der Waals surface area contributed by atoms with Crippen molar-refractivity contribution in [2.75, 3.05) is 37.4 Å². The van der Waals surface area contributed by atoms with Crippen LogP contribution in [0.25, 0.3) is 11.2 Å². The molecule has 3 aromatic heterocycles. The summed E-state index contributed by atoms with van der Waals surface area (Å²) in [4.78, 5) is 27.0. The first-order valence-corrected chi connectivity index (χ1v) is 10.3. The molecule has 0 aliphatic carbocycles. The number of piperidine rings is 1. The van der Waals surface area contributed by atoms with Crippen molar-refractivity contribution in [3.8, 4) is 5.88 Å². The minimum absolute atomic E-state index is 0.123. The van der Waals surface area contributed by atoms with Gasteiger partial charge in [-0.1, -0.05) is 6.08 Å². The van der Waals surface area contributed by atoms with Gasteiger partial charge >= 0.3 is 0 Å². The van der Waals surface area contributed by atoms with Gasteiger partial charge in [0.15, 0.2) is 5.65 Å². The van der Waals surface area contributed by atoms with Crippen LogP contribution in [0, 0.1) is 0 Å². The SMILES string of the molecule is COc1nc(NC2CCN(C(C)=O)CC2)nc2c1C(c1ccc3ncnn3c1)=CCN2. The van der Waals surface area contributed by atoms with E-state index in [4.69, 9.17) is 9.72 Å².